The number of hydrogen-bond donors (Lipinski definition) is 1. The molecule has 4 heteroatoms. The van der Waals surface area contributed by atoms with Crippen LogP contribution in [0.15, 0.2) is 28.7 Å². The van der Waals surface area contributed by atoms with Gasteiger partial charge in [-0.05, 0) is 36.6 Å². The summed E-state index contributed by atoms with van der Waals surface area (Å²) in [5.41, 5.74) is 0.871. The molecule has 1 rings (SSSR count). The molecule has 0 fully saturated rings. The molecule has 19 heavy (non-hydrogen) atoms. The lowest BCUT2D eigenvalue weighted by molar-refractivity contribution is -0.116. The molecule has 0 unspecified atom stereocenters. The van der Waals surface area contributed by atoms with Gasteiger partial charge in [0.2, 0.25) is 5.91 Å². The first-order valence-electron chi connectivity index (χ1n) is 6.32. The Morgan fingerprint density at radius 3 is 2.84 bits per heavy atom. The predicted octanol–water partition coefficient (Wildman–Crippen LogP) is 3.63. The van der Waals surface area contributed by atoms with Crippen LogP contribution in [0, 0.1) is 5.92 Å². The third-order valence-corrected chi connectivity index (χ3v) is 3.12. The van der Waals surface area contributed by atoms with Gasteiger partial charge in [0.25, 0.3) is 0 Å². The minimum absolute atomic E-state index is 0.0809. The summed E-state index contributed by atoms with van der Waals surface area (Å²) in [6.45, 7) is 4.97. The zero-order chi connectivity index (χ0) is 14.3. The molecule has 104 valence electrons. The van der Waals surface area contributed by atoms with Crippen molar-refractivity contribution in [3.05, 3.63) is 34.3 Å². The van der Waals surface area contributed by atoms with Crippen LogP contribution in [0.5, 0.6) is 5.75 Å². The Hall–Kier alpha value is -1.29. The van der Waals surface area contributed by atoms with Crippen molar-refractivity contribution in [1.29, 1.82) is 0 Å². The summed E-state index contributed by atoms with van der Waals surface area (Å²) in [5, 5.41) is 2.86. The fraction of sp³-hybridized carbons (Fsp3) is 0.400. The van der Waals surface area contributed by atoms with E-state index < -0.39 is 0 Å². The number of amides is 1. The Balaban J connectivity index is 2.60. The Morgan fingerprint density at radius 1 is 1.47 bits per heavy atom. The summed E-state index contributed by atoms with van der Waals surface area (Å²) < 4.78 is 6.19. The molecular formula is C15H20BrNO2. The molecule has 0 aromatic heterocycles. The van der Waals surface area contributed by atoms with Crippen LogP contribution in [0.3, 0.4) is 0 Å². The molecule has 1 amide bonds. The number of halogens is 1. The van der Waals surface area contributed by atoms with Gasteiger partial charge in [0.05, 0.1) is 7.11 Å². The number of rotatable bonds is 6. The van der Waals surface area contributed by atoms with Crippen LogP contribution in [-0.4, -0.2) is 19.6 Å². The van der Waals surface area contributed by atoms with Gasteiger partial charge in [-0.3, -0.25) is 4.79 Å². The monoisotopic (exact) mass is 325 g/mol. The molecule has 0 aliphatic carbocycles. The zero-order valence-corrected chi connectivity index (χ0v) is 13.2. The molecule has 1 aromatic rings. The lowest BCUT2D eigenvalue weighted by Gasteiger charge is -2.06. The van der Waals surface area contributed by atoms with Crippen LogP contribution in [0.1, 0.15) is 25.8 Å². The van der Waals surface area contributed by atoms with Crippen LogP contribution < -0.4 is 10.1 Å². The highest BCUT2D eigenvalue weighted by atomic mass is 79.9. The van der Waals surface area contributed by atoms with Crippen molar-refractivity contribution in [2.75, 3.05) is 13.7 Å². The summed E-state index contributed by atoms with van der Waals surface area (Å²) in [5.74, 6) is 1.26. The van der Waals surface area contributed by atoms with Gasteiger partial charge in [-0.2, -0.15) is 0 Å². The maximum atomic E-state index is 11.6. The normalized spacial score (nSPS) is 11.0. The van der Waals surface area contributed by atoms with Crippen molar-refractivity contribution in [3.63, 3.8) is 0 Å². The first-order valence-corrected chi connectivity index (χ1v) is 7.11. The second kappa shape index (κ2) is 8.00. The molecule has 0 saturated carbocycles. The SMILES string of the molecule is COc1ccc(Br)cc1/C=C/C(=O)NCCC(C)C. The van der Waals surface area contributed by atoms with E-state index in [0.717, 1.165) is 22.2 Å². The Kier molecular flexibility index (Phi) is 6.64. The summed E-state index contributed by atoms with van der Waals surface area (Å²) in [4.78, 5) is 11.6. The molecule has 0 heterocycles. The molecule has 0 spiro atoms. The first-order chi connectivity index (χ1) is 9.02. The third kappa shape index (κ3) is 5.92. The highest BCUT2D eigenvalue weighted by Crippen LogP contribution is 2.23. The molecule has 0 atom stereocenters. The minimum atomic E-state index is -0.0809. The third-order valence-electron chi connectivity index (χ3n) is 2.63. The van der Waals surface area contributed by atoms with Crippen molar-refractivity contribution < 1.29 is 9.53 Å². The van der Waals surface area contributed by atoms with Crippen molar-refractivity contribution in [1.82, 2.24) is 5.32 Å². The molecule has 0 aliphatic heterocycles. The van der Waals surface area contributed by atoms with Crippen LogP contribution in [0.25, 0.3) is 6.08 Å². The number of carbonyl (C=O) groups excluding carboxylic acids is 1. The number of methoxy groups -OCH3 is 1. The summed E-state index contributed by atoms with van der Waals surface area (Å²) >= 11 is 3.40. The van der Waals surface area contributed by atoms with E-state index >= 15 is 0 Å². The van der Waals surface area contributed by atoms with Crippen LogP contribution in [-0.2, 0) is 4.79 Å². The van der Waals surface area contributed by atoms with Gasteiger partial charge < -0.3 is 10.1 Å². The van der Waals surface area contributed by atoms with Crippen molar-refractivity contribution in [2.45, 2.75) is 20.3 Å². The quantitative estimate of drug-likeness (QED) is 0.811. The number of hydrogen-bond acceptors (Lipinski definition) is 2. The average molecular weight is 326 g/mol. The van der Waals surface area contributed by atoms with E-state index in [0.29, 0.717) is 12.5 Å². The Labute approximate surface area is 123 Å². The highest BCUT2D eigenvalue weighted by Gasteiger charge is 2.02. The highest BCUT2D eigenvalue weighted by molar-refractivity contribution is 9.10. The largest absolute Gasteiger partial charge is 0.496 e. The van der Waals surface area contributed by atoms with E-state index in [1.165, 1.54) is 6.08 Å². The van der Waals surface area contributed by atoms with Gasteiger partial charge in [-0.15, -0.1) is 0 Å². The van der Waals surface area contributed by atoms with Gasteiger partial charge in [-0.25, -0.2) is 0 Å². The molecular weight excluding hydrogens is 306 g/mol. The minimum Gasteiger partial charge on any atom is -0.496 e. The molecule has 0 bridgehead atoms. The summed E-state index contributed by atoms with van der Waals surface area (Å²) in [7, 11) is 1.61. The number of ether oxygens (including phenoxy) is 1. The molecule has 0 aliphatic rings. The van der Waals surface area contributed by atoms with E-state index in [-0.39, 0.29) is 5.91 Å². The van der Waals surface area contributed by atoms with E-state index in [2.05, 4.69) is 35.1 Å². The smallest absolute Gasteiger partial charge is 0.244 e. The second-order valence-electron chi connectivity index (χ2n) is 4.69. The summed E-state index contributed by atoms with van der Waals surface area (Å²) in [6, 6.07) is 5.68. The topological polar surface area (TPSA) is 38.3 Å². The molecule has 1 N–H and O–H groups in total. The Bertz CT molecular complexity index is 455. The first kappa shape index (κ1) is 15.8. The maximum Gasteiger partial charge on any atom is 0.244 e. The van der Waals surface area contributed by atoms with Crippen LogP contribution in [0.4, 0.5) is 0 Å². The van der Waals surface area contributed by atoms with Crippen molar-refractivity contribution >= 4 is 27.9 Å². The van der Waals surface area contributed by atoms with Gasteiger partial charge >= 0.3 is 0 Å². The zero-order valence-electron chi connectivity index (χ0n) is 11.6. The van der Waals surface area contributed by atoms with Gasteiger partial charge in [0.1, 0.15) is 5.75 Å². The molecule has 1 aromatic carbocycles. The van der Waals surface area contributed by atoms with Crippen molar-refractivity contribution in [3.8, 4) is 5.75 Å². The average Bonchev–Trinajstić information content (AvgIpc) is 2.36. The van der Waals surface area contributed by atoms with Gasteiger partial charge in [-0.1, -0.05) is 29.8 Å². The van der Waals surface area contributed by atoms with Crippen molar-refractivity contribution in [2.24, 2.45) is 5.92 Å². The molecule has 0 saturated heterocycles. The number of carbonyl (C=O) groups is 1. The lowest BCUT2D eigenvalue weighted by Crippen LogP contribution is -2.23. The number of nitrogens with one attached hydrogen (secondary N) is 1. The molecule has 3 nitrogen and oxygen atoms in total. The Morgan fingerprint density at radius 2 is 2.21 bits per heavy atom. The summed E-state index contributed by atoms with van der Waals surface area (Å²) in [6.07, 6.45) is 4.28. The number of benzene rings is 1. The fourth-order valence-electron chi connectivity index (χ4n) is 1.54. The van der Waals surface area contributed by atoms with E-state index in [4.69, 9.17) is 4.74 Å². The fourth-order valence-corrected chi connectivity index (χ4v) is 1.92. The van der Waals surface area contributed by atoms with Gasteiger partial charge in [0.15, 0.2) is 0 Å². The van der Waals surface area contributed by atoms with Gasteiger partial charge in [0, 0.05) is 22.7 Å². The standard InChI is InChI=1S/C15H20BrNO2/c1-11(2)8-9-17-15(18)7-4-12-10-13(16)5-6-14(12)19-3/h4-7,10-11H,8-9H2,1-3H3,(H,17,18)/b7-4+. The van der Waals surface area contributed by atoms with Crippen LogP contribution in [0.2, 0.25) is 0 Å². The second-order valence-corrected chi connectivity index (χ2v) is 5.61. The van der Waals surface area contributed by atoms with E-state index in [9.17, 15) is 4.79 Å². The maximum absolute atomic E-state index is 11.6. The van der Waals surface area contributed by atoms with Crippen LogP contribution >= 0.6 is 15.9 Å². The van der Waals surface area contributed by atoms with E-state index in [1.54, 1.807) is 13.2 Å². The van der Waals surface area contributed by atoms with E-state index in [1.807, 2.05) is 18.2 Å². The predicted molar refractivity (Wildman–Crippen MR) is 82.2 cm³/mol. The lowest BCUT2D eigenvalue weighted by atomic mass is 10.1. The molecule has 0 radical (unpaired) electrons.